The van der Waals surface area contributed by atoms with E-state index in [-0.39, 0.29) is 5.91 Å². The summed E-state index contributed by atoms with van der Waals surface area (Å²) >= 11 is 5.89. The fourth-order valence-electron chi connectivity index (χ4n) is 3.65. The number of anilines is 1. The number of nitrogens with one attached hydrogen (secondary N) is 3. The number of piperazine rings is 1. The molecule has 1 aliphatic rings. The first-order valence-corrected chi connectivity index (χ1v) is 10.3. The summed E-state index contributed by atoms with van der Waals surface area (Å²) in [6.45, 7) is 10.4. The number of aryl methyl sites for hydroxylation is 2. The van der Waals surface area contributed by atoms with Gasteiger partial charge in [0.25, 0.3) is 5.91 Å². The maximum atomic E-state index is 12.5. The lowest BCUT2D eigenvalue weighted by molar-refractivity contribution is -1.01. The van der Waals surface area contributed by atoms with Crippen LogP contribution in [0, 0.1) is 13.8 Å². The van der Waals surface area contributed by atoms with Gasteiger partial charge in [0.15, 0.2) is 6.54 Å². The smallest absolute Gasteiger partial charge is 0.279 e. The summed E-state index contributed by atoms with van der Waals surface area (Å²) in [4.78, 5) is 15.3. The minimum atomic E-state index is 0.0990. The van der Waals surface area contributed by atoms with Gasteiger partial charge in [-0.2, -0.15) is 0 Å². The van der Waals surface area contributed by atoms with E-state index in [9.17, 15) is 4.79 Å². The van der Waals surface area contributed by atoms with Gasteiger partial charge in [-0.05, 0) is 49.2 Å². The van der Waals surface area contributed by atoms with Crippen LogP contribution >= 0.6 is 11.6 Å². The van der Waals surface area contributed by atoms with Crippen molar-refractivity contribution in [2.24, 2.45) is 0 Å². The number of rotatable bonds is 7. The Hall–Kier alpha value is -2.08. The van der Waals surface area contributed by atoms with E-state index in [4.69, 9.17) is 16.3 Å². The lowest BCUT2D eigenvalue weighted by Gasteiger charge is -2.29. The second kappa shape index (κ2) is 9.92. The summed E-state index contributed by atoms with van der Waals surface area (Å²) in [5.74, 6) is 0.957. The Labute approximate surface area is 172 Å². The first-order chi connectivity index (χ1) is 13.5. The van der Waals surface area contributed by atoms with E-state index in [0.29, 0.717) is 13.2 Å². The minimum Gasteiger partial charge on any atom is -0.488 e. The Kier molecular flexibility index (Phi) is 7.31. The Morgan fingerprint density at radius 1 is 1.00 bits per heavy atom. The van der Waals surface area contributed by atoms with E-state index in [1.807, 2.05) is 56.3 Å². The lowest BCUT2D eigenvalue weighted by Crippen LogP contribution is -3.28. The summed E-state index contributed by atoms with van der Waals surface area (Å²) in [6, 6.07) is 13.6. The molecule has 1 saturated heterocycles. The number of halogens is 1. The van der Waals surface area contributed by atoms with Crippen LogP contribution in [0.2, 0.25) is 5.02 Å². The molecule has 0 atom stereocenters. The normalized spacial score (nSPS) is 19.2. The average molecular weight is 404 g/mol. The molecule has 0 spiro atoms. The molecule has 0 aromatic heterocycles. The molecule has 2 aromatic carbocycles. The van der Waals surface area contributed by atoms with Gasteiger partial charge in [-0.3, -0.25) is 4.79 Å². The van der Waals surface area contributed by atoms with Gasteiger partial charge in [-0.1, -0.05) is 29.8 Å². The monoisotopic (exact) mass is 403 g/mol. The highest BCUT2D eigenvalue weighted by Crippen LogP contribution is 2.19. The second-order valence-corrected chi connectivity index (χ2v) is 7.98. The van der Waals surface area contributed by atoms with Crippen molar-refractivity contribution < 1.29 is 19.3 Å². The van der Waals surface area contributed by atoms with Crippen LogP contribution in [0.5, 0.6) is 5.75 Å². The molecule has 1 heterocycles. The predicted octanol–water partition coefficient (Wildman–Crippen LogP) is 0.758. The molecule has 28 heavy (non-hydrogen) atoms. The third kappa shape index (κ3) is 5.96. The molecule has 0 aliphatic carbocycles. The fourth-order valence-corrected chi connectivity index (χ4v) is 3.78. The van der Waals surface area contributed by atoms with Crippen LogP contribution in [-0.2, 0) is 4.79 Å². The van der Waals surface area contributed by atoms with Gasteiger partial charge in [-0.25, -0.2) is 0 Å². The number of benzene rings is 2. The zero-order chi connectivity index (χ0) is 19.9. The molecule has 0 radical (unpaired) electrons. The third-order valence-electron chi connectivity index (χ3n) is 5.36. The minimum absolute atomic E-state index is 0.0990. The predicted molar refractivity (Wildman–Crippen MR) is 113 cm³/mol. The van der Waals surface area contributed by atoms with Gasteiger partial charge >= 0.3 is 0 Å². The quantitative estimate of drug-likeness (QED) is 0.639. The van der Waals surface area contributed by atoms with Crippen molar-refractivity contribution in [1.82, 2.24) is 0 Å². The van der Waals surface area contributed by atoms with Crippen molar-refractivity contribution in [3.05, 3.63) is 58.6 Å². The molecule has 2 aromatic rings. The van der Waals surface area contributed by atoms with E-state index in [1.54, 1.807) is 0 Å². The molecule has 1 aliphatic heterocycles. The molecular formula is C22H30ClN3O2+2. The van der Waals surface area contributed by atoms with Gasteiger partial charge in [-0.15, -0.1) is 0 Å². The van der Waals surface area contributed by atoms with Crippen LogP contribution in [-0.4, -0.2) is 51.8 Å². The summed E-state index contributed by atoms with van der Waals surface area (Å²) in [7, 11) is 0. The van der Waals surface area contributed by atoms with Crippen molar-refractivity contribution in [3.63, 3.8) is 0 Å². The van der Waals surface area contributed by atoms with E-state index < -0.39 is 0 Å². The lowest BCUT2D eigenvalue weighted by atomic mass is 10.1. The standard InChI is InChI=1S/C22H28ClN3O2/c1-17-4-3-5-18(2)22(17)24-21(27)16-26-12-10-25(11-13-26)14-15-28-20-8-6-19(23)7-9-20/h3-9H,10-16H2,1-2H3,(H,24,27)/p+2. The molecule has 3 N–H and O–H groups in total. The van der Waals surface area contributed by atoms with E-state index in [0.717, 1.165) is 60.3 Å². The van der Waals surface area contributed by atoms with Gasteiger partial charge in [0, 0.05) is 10.7 Å². The van der Waals surface area contributed by atoms with E-state index in [2.05, 4.69) is 5.32 Å². The second-order valence-electron chi connectivity index (χ2n) is 7.54. The van der Waals surface area contributed by atoms with Crippen LogP contribution in [0.25, 0.3) is 0 Å². The van der Waals surface area contributed by atoms with Crippen molar-refractivity contribution in [3.8, 4) is 5.75 Å². The van der Waals surface area contributed by atoms with Crippen LogP contribution in [0.3, 0.4) is 0 Å². The Balaban J connectivity index is 1.36. The topological polar surface area (TPSA) is 47.2 Å². The van der Waals surface area contributed by atoms with Crippen molar-refractivity contribution in [2.45, 2.75) is 13.8 Å². The van der Waals surface area contributed by atoms with E-state index >= 15 is 0 Å². The number of carbonyl (C=O) groups excluding carboxylic acids is 1. The van der Waals surface area contributed by atoms with Crippen molar-refractivity contribution >= 4 is 23.2 Å². The average Bonchev–Trinajstić information content (AvgIpc) is 2.68. The fraction of sp³-hybridized carbons (Fsp3) is 0.409. The molecule has 150 valence electrons. The molecule has 0 saturated carbocycles. The van der Waals surface area contributed by atoms with Crippen LogP contribution in [0.4, 0.5) is 5.69 Å². The number of carbonyl (C=O) groups is 1. The van der Waals surface area contributed by atoms with Crippen LogP contribution < -0.4 is 19.9 Å². The van der Waals surface area contributed by atoms with Gasteiger partial charge in [0.1, 0.15) is 45.1 Å². The van der Waals surface area contributed by atoms with Crippen LogP contribution in [0.15, 0.2) is 42.5 Å². The number of quaternary nitrogens is 2. The maximum absolute atomic E-state index is 12.5. The van der Waals surface area contributed by atoms with Gasteiger partial charge in [0.05, 0.1) is 0 Å². The summed E-state index contributed by atoms with van der Waals surface area (Å²) in [5.41, 5.74) is 3.17. The molecule has 0 bridgehead atoms. The summed E-state index contributed by atoms with van der Waals surface area (Å²) in [6.07, 6.45) is 0. The molecule has 1 amide bonds. The SMILES string of the molecule is Cc1cccc(C)c1NC(=O)C[NH+]1CC[NH+](CCOc2ccc(Cl)cc2)CC1. The van der Waals surface area contributed by atoms with E-state index in [1.165, 1.54) is 9.80 Å². The summed E-state index contributed by atoms with van der Waals surface area (Å²) in [5, 5.41) is 3.82. The Bertz CT molecular complexity index is 767. The number of amides is 1. The molecule has 0 unspecified atom stereocenters. The van der Waals surface area contributed by atoms with Gasteiger partial charge in [0.2, 0.25) is 0 Å². The molecule has 1 fully saturated rings. The highest BCUT2D eigenvalue weighted by molar-refractivity contribution is 6.30. The molecule has 6 heteroatoms. The highest BCUT2D eigenvalue weighted by Gasteiger charge is 2.25. The Morgan fingerprint density at radius 2 is 1.61 bits per heavy atom. The molecule has 5 nitrogen and oxygen atoms in total. The van der Waals surface area contributed by atoms with Gasteiger partial charge < -0.3 is 19.9 Å². The van der Waals surface area contributed by atoms with Crippen LogP contribution in [0.1, 0.15) is 11.1 Å². The third-order valence-corrected chi connectivity index (χ3v) is 5.61. The Morgan fingerprint density at radius 3 is 2.25 bits per heavy atom. The summed E-state index contributed by atoms with van der Waals surface area (Å²) < 4.78 is 5.79. The zero-order valence-electron chi connectivity index (χ0n) is 16.7. The number of ether oxygens (including phenoxy) is 1. The zero-order valence-corrected chi connectivity index (χ0v) is 17.4. The molecule has 3 rings (SSSR count). The van der Waals surface area contributed by atoms with Crippen molar-refractivity contribution in [1.29, 1.82) is 0 Å². The molecular weight excluding hydrogens is 374 g/mol. The number of hydrogen-bond donors (Lipinski definition) is 3. The highest BCUT2D eigenvalue weighted by atomic mass is 35.5. The largest absolute Gasteiger partial charge is 0.488 e. The first kappa shape index (κ1) is 20.6. The van der Waals surface area contributed by atoms with Crippen molar-refractivity contribution in [2.75, 3.05) is 51.2 Å². The maximum Gasteiger partial charge on any atom is 0.279 e. The number of para-hydroxylation sites is 1. The number of hydrogen-bond acceptors (Lipinski definition) is 2. The first-order valence-electron chi connectivity index (χ1n) is 9.93.